The van der Waals surface area contributed by atoms with Crippen LogP contribution in [0.15, 0.2) is 24.5 Å². The molecule has 2 N–H and O–H groups in total. The summed E-state index contributed by atoms with van der Waals surface area (Å²) in [6, 6.07) is 3.91. The fourth-order valence-corrected chi connectivity index (χ4v) is 1.73. The summed E-state index contributed by atoms with van der Waals surface area (Å²) in [4.78, 5) is 4.09. The summed E-state index contributed by atoms with van der Waals surface area (Å²) >= 11 is 0. The molecule has 2 aromatic heterocycles. The van der Waals surface area contributed by atoms with E-state index in [1.54, 1.807) is 6.20 Å². The maximum Gasteiger partial charge on any atom is 0.0971 e. The normalized spacial score (nSPS) is 10.6. The van der Waals surface area contributed by atoms with Crippen molar-refractivity contribution in [2.24, 2.45) is 12.8 Å². The molecule has 15 heavy (non-hydrogen) atoms. The van der Waals surface area contributed by atoms with E-state index in [0.717, 1.165) is 22.5 Å². The number of aromatic nitrogens is 3. The van der Waals surface area contributed by atoms with Crippen molar-refractivity contribution in [2.45, 2.75) is 13.5 Å². The molecule has 0 radical (unpaired) electrons. The zero-order valence-corrected chi connectivity index (χ0v) is 8.94. The van der Waals surface area contributed by atoms with Crippen molar-refractivity contribution in [3.8, 4) is 11.3 Å². The van der Waals surface area contributed by atoms with E-state index in [1.807, 2.05) is 37.0 Å². The van der Waals surface area contributed by atoms with Gasteiger partial charge in [-0.25, -0.2) is 0 Å². The molecule has 0 aliphatic carbocycles. The van der Waals surface area contributed by atoms with Gasteiger partial charge >= 0.3 is 0 Å². The van der Waals surface area contributed by atoms with Gasteiger partial charge in [-0.2, -0.15) is 5.10 Å². The molecule has 0 bridgehead atoms. The molecular weight excluding hydrogens is 188 g/mol. The van der Waals surface area contributed by atoms with Crippen molar-refractivity contribution < 1.29 is 0 Å². The van der Waals surface area contributed by atoms with Gasteiger partial charge in [0.15, 0.2) is 0 Å². The predicted molar refractivity (Wildman–Crippen MR) is 59.1 cm³/mol. The topological polar surface area (TPSA) is 56.7 Å². The van der Waals surface area contributed by atoms with Crippen molar-refractivity contribution in [1.82, 2.24) is 14.8 Å². The van der Waals surface area contributed by atoms with Gasteiger partial charge in [-0.1, -0.05) is 0 Å². The highest BCUT2D eigenvalue weighted by Crippen LogP contribution is 2.22. The van der Waals surface area contributed by atoms with Crippen LogP contribution in [0.2, 0.25) is 0 Å². The second-order valence-corrected chi connectivity index (χ2v) is 3.49. The molecular formula is C11H14N4. The zero-order valence-electron chi connectivity index (χ0n) is 8.94. The van der Waals surface area contributed by atoms with Gasteiger partial charge in [0, 0.05) is 31.5 Å². The first kappa shape index (κ1) is 9.86. The van der Waals surface area contributed by atoms with Crippen LogP contribution in [-0.4, -0.2) is 14.8 Å². The van der Waals surface area contributed by atoms with Gasteiger partial charge < -0.3 is 5.73 Å². The molecule has 0 aromatic carbocycles. The van der Waals surface area contributed by atoms with Crippen LogP contribution in [0.25, 0.3) is 11.3 Å². The first-order chi connectivity index (χ1) is 7.24. The Kier molecular flexibility index (Phi) is 2.51. The average Bonchev–Trinajstić information content (AvgIpc) is 2.55. The summed E-state index contributed by atoms with van der Waals surface area (Å²) in [5, 5.41) is 4.45. The van der Waals surface area contributed by atoms with E-state index in [0.29, 0.717) is 6.54 Å². The van der Waals surface area contributed by atoms with Crippen LogP contribution in [0.3, 0.4) is 0 Å². The maximum atomic E-state index is 5.67. The molecule has 4 nitrogen and oxygen atoms in total. The monoisotopic (exact) mass is 202 g/mol. The van der Waals surface area contributed by atoms with Gasteiger partial charge in [-0.3, -0.25) is 9.67 Å². The van der Waals surface area contributed by atoms with E-state index in [9.17, 15) is 0 Å². The number of aryl methyl sites for hydroxylation is 1. The first-order valence-electron chi connectivity index (χ1n) is 4.87. The Balaban J connectivity index is 2.55. The van der Waals surface area contributed by atoms with Crippen molar-refractivity contribution in [3.63, 3.8) is 0 Å². The molecule has 0 fully saturated rings. The number of nitrogens with zero attached hydrogens (tertiary/aromatic N) is 3. The van der Waals surface area contributed by atoms with Crippen LogP contribution in [0, 0.1) is 6.92 Å². The van der Waals surface area contributed by atoms with E-state index in [2.05, 4.69) is 10.1 Å². The standard InChI is InChI=1S/C11H14N4/c1-8-10(6-12)15(2)14-11(8)9-4-3-5-13-7-9/h3-5,7H,6,12H2,1-2H3. The van der Waals surface area contributed by atoms with Crippen molar-refractivity contribution in [3.05, 3.63) is 35.8 Å². The highest BCUT2D eigenvalue weighted by Gasteiger charge is 2.12. The van der Waals surface area contributed by atoms with Crippen LogP contribution in [0.4, 0.5) is 0 Å². The molecule has 0 amide bonds. The first-order valence-corrected chi connectivity index (χ1v) is 4.87. The summed E-state index contributed by atoms with van der Waals surface area (Å²) in [6.45, 7) is 2.55. The number of hydrogen-bond acceptors (Lipinski definition) is 3. The predicted octanol–water partition coefficient (Wildman–Crippen LogP) is 1.25. The molecule has 78 valence electrons. The Bertz CT molecular complexity index is 459. The van der Waals surface area contributed by atoms with Gasteiger partial charge in [0.2, 0.25) is 0 Å². The molecule has 0 atom stereocenters. The fraction of sp³-hybridized carbons (Fsp3) is 0.273. The van der Waals surface area contributed by atoms with E-state index in [4.69, 9.17) is 5.73 Å². The molecule has 2 heterocycles. The number of hydrogen-bond donors (Lipinski definition) is 1. The second kappa shape index (κ2) is 3.82. The van der Waals surface area contributed by atoms with E-state index in [-0.39, 0.29) is 0 Å². The molecule has 0 aliphatic heterocycles. The van der Waals surface area contributed by atoms with E-state index in [1.165, 1.54) is 0 Å². The summed E-state index contributed by atoms with van der Waals surface area (Å²) in [7, 11) is 1.91. The zero-order chi connectivity index (χ0) is 10.8. The Labute approximate surface area is 88.8 Å². The highest BCUT2D eigenvalue weighted by atomic mass is 15.3. The Morgan fingerprint density at radius 3 is 2.80 bits per heavy atom. The lowest BCUT2D eigenvalue weighted by Crippen LogP contribution is -2.05. The summed E-state index contributed by atoms with van der Waals surface area (Å²) in [5.41, 5.74) is 9.86. The van der Waals surface area contributed by atoms with Gasteiger partial charge in [-0.05, 0) is 24.6 Å². The number of pyridine rings is 1. The number of nitrogens with two attached hydrogens (primary N) is 1. The van der Waals surface area contributed by atoms with E-state index < -0.39 is 0 Å². The maximum absolute atomic E-state index is 5.67. The second-order valence-electron chi connectivity index (χ2n) is 3.49. The lowest BCUT2D eigenvalue weighted by molar-refractivity contribution is 0.712. The van der Waals surface area contributed by atoms with Crippen molar-refractivity contribution >= 4 is 0 Å². The SMILES string of the molecule is Cc1c(-c2cccnc2)nn(C)c1CN. The average molecular weight is 202 g/mol. The Morgan fingerprint density at radius 1 is 1.47 bits per heavy atom. The van der Waals surface area contributed by atoms with Crippen LogP contribution >= 0.6 is 0 Å². The minimum absolute atomic E-state index is 0.510. The van der Waals surface area contributed by atoms with Crippen molar-refractivity contribution in [2.75, 3.05) is 0 Å². The highest BCUT2D eigenvalue weighted by molar-refractivity contribution is 5.62. The summed E-state index contributed by atoms with van der Waals surface area (Å²) in [5.74, 6) is 0. The minimum atomic E-state index is 0.510. The lowest BCUT2D eigenvalue weighted by Gasteiger charge is -1.98. The van der Waals surface area contributed by atoms with Gasteiger partial charge in [0.25, 0.3) is 0 Å². The molecule has 2 aromatic rings. The van der Waals surface area contributed by atoms with Crippen LogP contribution in [0.1, 0.15) is 11.3 Å². The van der Waals surface area contributed by atoms with E-state index >= 15 is 0 Å². The molecule has 0 aliphatic rings. The molecule has 0 saturated carbocycles. The Hall–Kier alpha value is -1.68. The molecule has 0 unspecified atom stereocenters. The quantitative estimate of drug-likeness (QED) is 0.797. The smallest absolute Gasteiger partial charge is 0.0971 e. The van der Waals surface area contributed by atoms with Crippen LogP contribution < -0.4 is 5.73 Å². The summed E-state index contributed by atoms with van der Waals surface area (Å²) in [6.07, 6.45) is 3.57. The molecule has 0 spiro atoms. The third-order valence-electron chi connectivity index (χ3n) is 2.56. The molecule has 2 rings (SSSR count). The fourth-order valence-electron chi connectivity index (χ4n) is 1.73. The van der Waals surface area contributed by atoms with Crippen LogP contribution in [0.5, 0.6) is 0 Å². The number of rotatable bonds is 2. The minimum Gasteiger partial charge on any atom is -0.325 e. The van der Waals surface area contributed by atoms with Gasteiger partial charge in [0.1, 0.15) is 0 Å². The van der Waals surface area contributed by atoms with Gasteiger partial charge in [-0.15, -0.1) is 0 Å². The van der Waals surface area contributed by atoms with Gasteiger partial charge in [0.05, 0.1) is 11.4 Å². The lowest BCUT2D eigenvalue weighted by atomic mass is 10.1. The van der Waals surface area contributed by atoms with Crippen molar-refractivity contribution in [1.29, 1.82) is 0 Å². The molecule has 0 saturated heterocycles. The Morgan fingerprint density at radius 2 is 2.27 bits per heavy atom. The third kappa shape index (κ3) is 1.64. The molecule has 4 heteroatoms. The largest absolute Gasteiger partial charge is 0.325 e. The van der Waals surface area contributed by atoms with Crippen LogP contribution in [-0.2, 0) is 13.6 Å². The third-order valence-corrected chi connectivity index (χ3v) is 2.56. The summed E-state index contributed by atoms with van der Waals surface area (Å²) < 4.78 is 1.83.